The van der Waals surface area contributed by atoms with Gasteiger partial charge < -0.3 is 14.2 Å². The molecule has 6 heteroatoms. The Kier molecular flexibility index (Phi) is 66.3. The Balaban J connectivity index is 4.28. The van der Waals surface area contributed by atoms with Crippen molar-refractivity contribution in [1.82, 2.24) is 0 Å². The van der Waals surface area contributed by atoms with Crippen molar-refractivity contribution in [2.45, 2.75) is 322 Å². The van der Waals surface area contributed by atoms with Crippen LogP contribution in [0.1, 0.15) is 316 Å². The maximum atomic E-state index is 12.9. The molecule has 1 atom stereocenters. The minimum atomic E-state index is -0.811. The molecule has 0 heterocycles. The van der Waals surface area contributed by atoms with Crippen LogP contribution in [0.5, 0.6) is 0 Å². The molecule has 1 unspecified atom stereocenters. The van der Waals surface area contributed by atoms with Gasteiger partial charge in [-0.05, 0) is 103 Å². The second-order valence-corrected chi connectivity index (χ2v) is 22.7. The average molecular weight is 1150 g/mol. The summed E-state index contributed by atoms with van der Waals surface area (Å²) in [6.07, 6.45) is 99.2. The Labute approximate surface area is 513 Å². The van der Waals surface area contributed by atoms with Crippen molar-refractivity contribution in [3.05, 3.63) is 134 Å². The first kappa shape index (κ1) is 78.5. The molecule has 0 aliphatic carbocycles. The predicted molar refractivity (Wildman–Crippen MR) is 362 cm³/mol. The largest absolute Gasteiger partial charge is 0.462 e. The molecule has 83 heavy (non-hydrogen) atoms. The van der Waals surface area contributed by atoms with E-state index in [1.54, 1.807) is 0 Å². The summed E-state index contributed by atoms with van der Waals surface area (Å²) in [6, 6.07) is 0. The summed E-state index contributed by atoms with van der Waals surface area (Å²) in [5.74, 6) is -0.979. The van der Waals surface area contributed by atoms with Crippen LogP contribution in [0, 0.1) is 0 Å². The fourth-order valence-electron chi connectivity index (χ4n) is 9.56. The quantitative estimate of drug-likeness (QED) is 0.0261. The third-order valence-corrected chi connectivity index (χ3v) is 14.7. The molecule has 0 saturated carbocycles. The highest BCUT2D eigenvalue weighted by atomic mass is 16.6. The molecule has 0 aliphatic rings. The van der Waals surface area contributed by atoms with E-state index in [0.29, 0.717) is 19.3 Å². The molecule has 0 aromatic rings. The van der Waals surface area contributed by atoms with Crippen molar-refractivity contribution in [3.8, 4) is 0 Å². The molecule has 0 fully saturated rings. The van der Waals surface area contributed by atoms with E-state index in [-0.39, 0.29) is 37.5 Å². The van der Waals surface area contributed by atoms with E-state index in [0.717, 1.165) is 109 Å². The summed E-state index contributed by atoms with van der Waals surface area (Å²) >= 11 is 0. The molecule has 472 valence electrons. The Morgan fingerprint density at radius 2 is 0.494 bits per heavy atom. The molecule has 6 nitrogen and oxygen atoms in total. The molecular weight excluding hydrogens is 1020 g/mol. The number of unbranched alkanes of at least 4 members (excludes halogenated alkanes) is 29. The maximum Gasteiger partial charge on any atom is 0.306 e. The van der Waals surface area contributed by atoms with Gasteiger partial charge in [-0.2, -0.15) is 0 Å². The second kappa shape index (κ2) is 70.0. The molecule has 0 N–H and O–H groups in total. The molecule has 0 bridgehead atoms. The van der Waals surface area contributed by atoms with Crippen LogP contribution in [0.25, 0.3) is 0 Å². The van der Waals surface area contributed by atoms with E-state index in [1.807, 2.05) is 6.08 Å². The van der Waals surface area contributed by atoms with Gasteiger partial charge in [-0.3, -0.25) is 14.4 Å². The normalized spacial score (nSPS) is 13.0. The number of rotatable bonds is 62. The van der Waals surface area contributed by atoms with Gasteiger partial charge in [0, 0.05) is 19.3 Å². The summed E-state index contributed by atoms with van der Waals surface area (Å²) in [5, 5.41) is 0. The van der Waals surface area contributed by atoms with Crippen LogP contribution in [-0.4, -0.2) is 37.2 Å². The highest BCUT2D eigenvalue weighted by Crippen LogP contribution is 2.17. The van der Waals surface area contributed by atoms with E-state index in [1.165, 1.54) is 161 Å². The Hall–Kier alpha value is -4.45. The molecule has 0 aromatic heterocycles. The molecule has 0 spiro atoms. The van der Waals surface area contributed by atoms with E-state index >= 15 is 0 Å². The maximum absolute atomic E-state index is 12.9. The summed E-state index contributed by atoms with van der Waals surface area (Å²) < 4.78 is 16.9. The van der Waals surface area contributed by atoms with Crippen LogP contribution in [0.2, 0.25) is 0 Å². The molecular formula is C77H128O6. The molecule has 0 rings (SSSR count). The van der Waals surface area contributed by atoms with Crippen molar-refractivity contribution in [1.29, 1.82) is 0 Å². The average Bonchev–Trinajstić information content (AvgIpc) is 3.49. The number of carbonyl (C=O) groups is 3. The standard InChI is InChI=1S/C77H128O6/c1-4-7-10-13-16-19-22-25-27-29-31-32-33-34-35-36-37-38-39-40-41-42-43-44-46-47-49-52-55-58-61-64-67-70-76(79)82-73-74(72-81-75(78)69-66-63-60-57-54-51-24-21-18-15-12-9-6-3)83-77(80)71-68-65-62-59-56-53-50-48-45-30-28-26-23-20-17-14-11-8-5-2/h7,9-10,12,16,18-19,21,25,27,31-32,34-35,37-38,40-41,51,54,60,63,74H,4-6,8,11,13-15,17,20,22-24,26,28-30,33,36,39,42-50,52-53,55-59,61-62,64-73H2,1-3H3/b10-7-,12-9-,19-16-,21-18-,27-25-,32-31-,35-34-,38-37-,41-40-,54-51-,63-60-. The molecule has 0 aliphatic heterocycles. The Bertz CT molecular complexity index is 1750. The first-order valence-electron chi connectivity index (χ1n) is 34.7. The Morgan fingerprint density at radius 3 is 0.807 bits per heavy atom. The number of esters is 3. The fraction of sp³-hybridized carbons (Fsp3) is 0.675. The van der Waals surface area contributed by atoms with Crippen LogP contribution < -0.4 is 0 Å². The van der Waals surface area contributed by atoms with Gasteiger partial charge >= 0.3 is 17.9 Å². The molecule has 0 amide bonds. The van der Waals surface area contributed by atoms with Crippen molar-refractivity contribution < 1.29 is 28.6 Å². The SMILES string of the molecule is CC/C=C\C/C=C\C/C=C\C/C=C\C/C=C\C/C=C\C/C=C\CCCCCCCCCCCCCC(=O)OCC(COC(=O)CC/C=C\C/C=C\C/C=C\C/C=C\CC)OC(=O)CCCCCCCCCCCCCCCCCCCCC. The summed E-state index contributed by atoms with van der Waals surface area (Å²) in [5.41, 5.74) is 0. The molecule has 0 aromatic carbocycles. The van der Waals surface area contributed by atoms with Gasteiger partial charge in [-0.25, -0.2) is 0 Å². The molecule has 0 saturated heterocycles. The number of hydrogen-bond acceptors (Lipinski definition) is 6. The van der Waals surface area contributed by atoms with E-state index in [4.69, 9.17) is 14.2 Å². The lowest BCUT2D eigenvalue weighted by molar-refractivity contribution is -0.166. The van der Waals surface area contributed by atoms with Crippen LogP contribution >= 0.6 is 0 Å². The topological polar surface area (TPSA) is 78.9 Å². The van der Waals surface area contributed by atoms with Crippen LogP contribution in [0.3, 0.4) is 0 Å². The van der Waals surface area contributed by atoms with Gasteiger partial charge in [0.25, 0.3) is 0 Å². The van der Waals surface area contributed by atoms with Gasteiger partial charge in [0.2, 0.25) is 0 Å². The summed E-state index contributed by atoms with van der Waals surface area (Å²) in [4.78, 5) is 38.3. The van der Waals surface area contributed by atoms with Gasteiger partial charge in [-0.1, -0.05) is 328 Å². The zero-order valence-electron chi connectivity index (χ0n) is 54.2. The zero-order chi connectivity index (χ0) is 59.9. The highest BCUT2D eigenvalue weighted by molar-refractivity contribution is 5.71. The third-order valence-electron chi connectivity index (χ3n) is 14.7. The number of allylic oxidation sites excluding steroid dienone is 22. The summed E-state index contributed by atoms with van der Waals surface area (Å²) in [7, 11) is 0. The first-order valence-corrected chi connectivity index (χ1v) is 34.7. The second-order valence-electron chi connectivity index (χ2n) is 22.7. The van der Waals surface area contributed by atoms with Gasteiger partial charge in [-0.15, -0.1) is 0 Å². The number of carbonyl (C=O) groups excluding carboxylic acids is 3. The monoisotopic (exact) mass is 1150 g/mol. The lowest BCUT2D eigenvalue weighted by Crippen LogP contribution is -2.30. The lowest BCUT2D eigenvalue weighted by atomic mass is 10.0. The lowest BCUT2D eigenvalue weighted by Gasteiger charge is -2.18. The van der Waals surface area contributed by atoms with Crippen molar-refractivity contribution in [2.75, 3.05) is 13.2 Å². The minimum absolute atomic E-state index is 0.102. The smallest absolute Gasteiger partial charge is 0.306 e. The zero-order valence-corrected chi connectivity index (χ0v) is 54.2. The van der Waals surface area contributed by atoms with E-state index in [2.05, 4.69) is 148 Å². The van der Waals surface area contributed by atoms with E-state index < -0.39 is 6.10 Å². The van der Waals surface area contributed by atoms with Gasteiger partial charge in [0.15, 0.2) is 6.10 Å². The molecule has 0 radical (unpaired) electrons. The van der Waals surface area contributed by atoms with Crippen LogP contribution in [-0.2, 0) is 28.6 Å². The first-order chi connectivity index (χ1) is 41.0. The van der Waals surface area contributed by atoms with E-state index in [9.17, 15) is 14.4 Å². The minimum Gasteiger partial charge on any atom is -0.462 e. The predicted octanol–water partition coefficient (Wildman–Crippen LogP) is 24.1. The number of ether oxygens (including phenoxy) is 3. The van der Waals surface area contributed by atoms with Crippen molar-refractivity contribution in [2.24, 2.45) is 0 Å². The summed E-state index contributed by atoms with van der Waals surface area (Å²) in [6.45, 7) is 6.37. The van der Waals surface area contributed by atoms with Crippen LogP contribution in [0.15, 0.2) is 134 Å². The van der Waals surface area contributed by atoms with Gasteiger partial charge in [0.05, 0.1) is 0 Å². The third kappa shape index (κ3) is 68.2. The Morgan fingerprint density at radius 1 is 0.253 bits per heavy atom. The van der Waals surface area contributed by atoms with Crippen molar-refractivity contribution in [3.63, 3.8) is 0 Å². The van der Waals surface area contributed by atoms with Crippen LogP contribution in [0.4, 0.5) is 0 Å². The fourth-order valence-corrected chi connectivity index (χ4v) is 9.56. The highest BCUT2D eigenvalue weighted by Gasteiger charge is 2.19. The van der Waals surface area contributed by atoms with Crippen molar-refractivity contribution >= 4 is 17.9 Å². The number of hydrogen-bond donors (Lipinski definition) is 0. The van der Waals surface area contributed by atoms with Gasteiger partial charge in [0.1, 0.15) is 13.2 Å².